The number of rotatable bonds is 54. The summed E-state index contributed by atoms with van der Waals surface area (Å²) in [6, 6.07) is 0. The molecule has 0 aliphatic heterocycles. The first-order chi connectivity index (χ1) is 36.0. The van der Waals surface area contributed by atoms with E-state index < -0.39 is 6.10 Å². The van der Waals surface area contributed by atoms with Gasteiger partial charge in [-0.1, -0.05) is 252 Å². The molecule has 0 amide bonds. The van der Waals surface area contributed by atoms with Gasteiger partial charge in [-0.3, -0.25) is 14.4 Å². The number of esters is 3. The summed E-state index contributed by atoms with van der Waals surface area (Å²) in [6.45, 7) is 6.32. The summed E-state index contributed by atoms with van der Waals surface area (Å²) in [4.78, 5) is 38.1. The molecule has 0 spiro atoms. The van der Waals surface area contributed by atoms with E-state index in [4.69, 9.17) is 14.2 Å². The number of carbonyl (C=O) groups excluding carboxylic acids is 3. The molecule has 0 saturated heterocycles. The van der Waals surface area contributed by atoms with E-state index >= 15 is 0 Å². The lowest BCUT2D eigenvalue weighted by Gasteiger charge is -2.18. The fourth-order valence-electron chi connectivity index (χ4n) is 8.25. The van der Waals surface area contributed by atoms with Crippen LogP contribution >= 0.6 is 0 Å². The maximum atomic E-state index is 12.8. The van der Waals surface area contributed by atoms with E-state index in [1.807, 2.05) is 0 Å². The summed E-state index contributed by atoms with van der Waals surface area (Å²) < 4.78 is 16.8. The number of ether oxygens (including phenoxy) is 3. The zero-order valence-corrected chi connectivity index (χ0v) is 47.6. The molecule has 0 aromatic carbocycles. The van der Waals surface area contributed by atoms with Crippen molar-refractivity contribution in [3.63, 3.8) is 0 Å². The monoisotopic (exact) mass is 1010 g/mol. The summed E-state index contributed by atoms with van der Waals surface area (Å²) in [5.41, 5.74) is 0. The second kappa shape index (κ2) is 60.6. The highest BCUT2D eigenvalue weighted by Gasteiger charge is 2.19. The Kier molecular flexibility index (Phi) is 57.4. The number of unbranched alkanes of at least 4 members (excludes halogenated alkanes) is 25. The van der Waals surface area contributed by atoms with Crippen LogP contribution in [0.5, 0.6) is 0 Å². The summed E-state index contributed by atoms with van der Waals surface area (Å²) in [5, 5.41) is 0. The number of allylic oxidation sites excluding steroid dienone is 18. The van der Waals surface area contributed by atoms with Crippen molar-refractivity contribution in [1.82, 2.24) is 0 Å². The first kappa shape index (κ1) is 69.1. The molecule has 0 aliphatic carbocycles. The molecule has 0 rings (SSSR count). The Morgan fingerprint density at radius 1 is 0.288 bits per heavy atom. The van der Waals surface area contributed by atoms with E-state index in [0.29, 0.717) is 12.8 Å². The van der Waals surface area contributed by atoms with E-state index in [9.17, 15) is 14.4 Å². The summed E-state index contributed by atoms with van der Waals surface area (Å²) in [6.07, 6.45) is 82.5. The molecule has 1 atom stereocenters. The molecular formula is C67H112O6. The van der Waals surface area contributed by atoms with Crippen LogP contribution in [-0.2, 0) is 28.6 Å². The number of hydrogen-bond acceptors (Lipinski definition) is 6. The molecule has 0 heterocycles. The molecule has 0 fully saturated rings. The van der Waals surface area contributed by atoms with Crippen molar-refractivity contribution in [2.75, 3.05) is 13.2 Å². The van der Waals surface area contributed by atoms with Crippen LogP contribution < -0.4 is 0 Å². The third-order valence-corrected chi connectivity index (χ3v) is 12.7. The van der Waals surface area contributed by atoms with Crippen LogP contribution in [0.25, 0.3) is 0 Å². The molecule has 0 saturated carbocycles. The minimum Gasteiger partial charge on any atom is -0.462 e. The van der Waals surface area contributed by atoms with Crippen molar-refractivity contribution in [2.45, 2.75) is 284 Å². The predicted molar refractivity (Wildman–Crippen MR) is 316 cm³/mol. The maximum absolute atomic E-state index is 12.8. The van der Waals surface area contributed by atoms with Crippen LogP contribution in [0.1, 0.15) is 278 Å². The van der Waals surface area contributed by atoms with Crippen LogP contribution in [0.4, 0.5) is 0 Å². The molecule has 0 N–H and O–H groups in total. The average molecular weight is 1010 g/mol. The van der Waals surface area contributed by atoms with Gasteiger partial charge in [-0.15, -0.1) is 0 Å². The summed E-state index contributed by atoms with van der Waals surface area (Å²) in [5.74, 6) is -0.936. The van der Waals surface area contributed by atoms with E-state index in [-0.39, 0.29) is 37.5 Å². The van der Waals surface area contributed by atoms with E-state index in [1.54, 1.807) is 0 Å². The van der Waals surface area contributed by atoms with Crippen molar-refractivity contribution in [1.29, 1.82) is 0 Å². The fourth-order valence-corrected chi connectivity index (χ4v) is 8.25. The molecule has 73 heavy (non-hydrogen) atoms. The van der Waals surface area contributed by atoms with Gasteiger partial charge in [0.25, 0.3) is 0 Å². The van der Waals surface area contributed by atoms with Gasteiger partial charge in [0.05, 0.1) is 0 Å². The first-order valence-electron chi connectivity index (χ1n) is 30.4. The minimum atomic E-state index is -0.799. The third kappa shape index (κ3) is 58.8. The predicted octanol–water partition coefficient (Wildman–Crippen LogP) is 20.7. The Morgan fingerprint density at radius 3 is 0.849 bits per heavy atom. The van der Waals surface area contributed by atoms with Crippen LogP contribution in [0, 0.1) is 0 Å². The molecular weight excluding hydrogens is 901 g/mol. The Bertz CT molecular complexity index is 1490. The van der Waals surface area contributed by atoms with Gasteiger partial charge in [-0.05, 0) is 116 Å². The molecule has 416 valence electrons. The highest BCUT2D eigenvalue weighted by atomic mass is 16.6. The lowest BCUT2D eigenvalue weighted by atomic mass is 10.0. The molecule has 1 unspecified atom stereocenters. The molecule has 6 heteroatoms. The van der Waals surface area contributed by atoms with Crippen LogP contribution in [0.15, 0.2) is 109 Å². The fraction of sp³-hybridized carbons (Fsp3) is 0.687. The van der Waals surface area contributed by atoms with Gasteiger partial charge in [0.2, 0.25) is 0 Å². The lowest BCUT2D eigenvalue weighted by molar-refractivity contribution is -0.167. The van der Waals surface area contributed by atoms with E-state index in [2.05, 4.69) is 130 Å². The Morgan fingerprint density at radius 2 is 0.534 bits per heavy atom. The third-order valence-electron chi connectivity index (χ3n) is 12.7. The van der Waals surface area contributed by atoms with Crippen molar-refractivity contribution >= 4 is 17.9 Å². The molecule has 0 bridgehead atoms. The lowest BCUT2D eigenvalue weighted by Crippen LogP contribution is -2.30. The van der Waals surface area contributed by atoms with Gasteiger partial charge in [0.1, 0.15) is 13.2 Å². The summed E-state index contributed by atoms with van der Waals surface area (Å²) >= 11 is 0. The van der Waals surface area contributed by atoms with Crippen molar-refractivity contribution < 1.29 is 28.6 Å². The first-order valence-corrected chi connectivity index (χ1v) is 30.4. The van der Waals surface area contributed by atoms with Gasteiger partial charge in [-0.25, -0.2) is 0 Å². The van der Waals surface area contributed by atoms with Crippen molar-refractivity contribution in [3.05, 3.63) is 109 Å². The van der Waals surface area contributed by atoms with Gasteiger partial charge < -0.3 is 14.2 Å². The highest BCUT2D eigenvalue weighted by Crippen LogP contribution is 2.16. The van der Waals surface area contributed by atoms with Crippen LogP contribution in [0.2, 0.25) is 0 Å². The van der Waals surface area contributed by atoms with Crippen molar-refractivity contribution in [2.24, 2.45) is 0 Å². The average Bonchev–Trinajstić information content (AvgIpc) is 3.39. The largest absolute Gasteiger partial charge is 0.462 e. The van der Waals surface area contributed by atoms with Gasteiger partial charge in [0, 0.05) is 19.3 Å². The molecule has 6 nitrogen and oxygen atoms in total. The van der Waals surface area contributed by atoms with Gasteiger partial charge in [0.15, 0.2) is 6.10 Å². The topological polar surface area (TPSA) is 78.9 Å². The Hall–Kier alpha value is -3.93. The minimum absolute atomic E-state index is 0.0940. The maximum Gasteiger partial charge on any atom is 0.306 e. The zero-order valence-electron chi connectivity index (χ0n) is 47.6. The Balaban J connectivity index is 4.21. The van der Waals surface area contributed by atoms with Gasteiger partial charge in [-0.2, -0.15) is 0 Å². The van der Waals surface area contributed by atoms with E-state index in [0.717, 1.165) is 141 Å². The zero-order chi connectivity index (χ0) is 52.9. The van der Waals surface area contributed by atoms with Gasteiger partial charge >= 0.3 is 17.9 Å². The summed E-state index contributed by atoms with van der Waals surface area (Å²) in [7, 11) is 0. The number of carbonyl (C=O) groups is 3. The second-order valence-corrected chi connectivity index (χ2v) is 19.8. The normalized spacial score (nSPS) is 12.9. The van der Waals surface area contributed by atoms with E-state index in [1.165, 1.54) is 96.3 Å². The molecule has 0 aliphatic rings. The molecule has 0 aromatic rings. The Labute approximate surface area is 450 Å². The molecule has 0 aromatic heterocycles. The number of hydrogen-bond donors (Lipinski definition) is 0. The van der Waals surface area contributed by atoms with Crippen molar-refractivity contribution in [3.8, 4) is 0 Å². The van der Waals surface area contributed by atoms with Crippen LogP contribution in [0.3, 0.4) is 0 Å². The molecule has 0 radical (unpaired) electrons. The quantitative estimate of drug-likeness (QED) is 0.0261. The standard InChI is InChI=1S/C67H112O6/c1-4-7-10-13-16-19-22-25-26-27-28-29-30-31-32-33-34-35-36-37-38-39-40-43-45-48-51-54-57-60-66(69)72-63-64(73-67(70)61-58-55-52-49-46-42-24-21-18-15-12-9-6-3)62-71-65(68)59-56-53-50-47-44-41-23-20-17-14-11-8-5-2/h7,9-12,14,16,18-21,23,25-26,28-29,42,46,64H,4-6,8,13,15,17,22,24,27,30-41,43-45,47-63H2,1-3H3/b10-7-,12-9-,14-11-,19-16-,21-18-,23-20-,26-25-,29-28-,46-42-. The second-order valence-electron chi connectivity index (χ2n) is 19.8. The van der Waals surface area contributed by atoms with Crippen LogP contribution in [-0.4, -0.2) is 37.2 Å². The SMILES string of the molecule is CC/C=C\C/C=C\C/C=C\C/C=C\CCCCCCCCCCCCCCCCCCC(=O)OCC(COC(=O)CCCCCCC/C=C\C/C=C\CCC)OC(=O)CCCCC/C=C\C/C=C\C/C=C\CC. The highest BCUT2D eigenvalue weighted by molar-refractivity contribution is 5.71. The smallest absolute Gasteiger partial charge is 0.306 e.